The zero-order chi connectivity index (χ0) is 13.8. The van der Waals surface area contributed by atoms with Crippen LogP contribution in [-0.4, -0.2) is 12.0 Å². The molecule has 1 aromatic carbocycles. The zero-order valence-electron chi connectivity index (χ0n) is 11.9. The Kier molecular flexibility index (Phi) is 4.05. The summed E-state index contributed by atoms with van der Waals surface area (Å²) >= 11 is 0. The van der Waals surface area contributed by atoms with Crippen LogP contribution in [0.1, 0.15) is 24.5 Å². The van der Waals surface area contributed by atoms with Crippen LogP contribution in [0.15, 0.2) is 36.5 Å². The molecule has 0 fully saturated rings. The third-order valence-electron chi connectivity index (χ3n) is 3.34. The number of rotatable bonds is 4. The van der Waals surface area contributed by atoms with Gasteiger partial charge in [-0.2, -0.15) is 0 Å². The lowest BCUT2D eigenvalue weighted by atomic mass is 10.1. The van der Waals surface area contributed by atoms with Crippen LogP contribution < -0.4 is 10.6 Å². The predicted octanol–water partition coefficient (Wildman–Crippen LogP) is 3.69. The molecule has 0 atom stereocenters. The van der Waals surface area contributed by atoms with E-state index in [0.29, 0.717) is 0 Å². The zero-order valence-corrected chi connectivity index (χ0v) is 11.9. The first-order valence-corrected chi connectivity index (χ1v) is 6.66. The highest BCUT2D eigenvalue weighted by Crippen LogP contribution is 2.24. The van der Waals surface area contributed by atoms with Crippen LogP contribution in [0.3, 0.4) is 0 Å². The molecule has 3 nitrogen and oxygen atoms in total. The number of hydrogen-bond acceptors (Lipinski definition) is 3. The van der Waals surface area contributed by atoms with E-state index in [1.165, 1.54) is 12.0 Å². The Morgan fingerprint density at radius 1 is 1.21 bits per heavy atom. The maximum absolute atomic E-state index is 5.80. The van der Waals surface area contributed by atoms with Gasteiger partial charge < -0.3 is 10.6 Å². The van der Waals surface area contributed by atoms with Gasteiger partial charge in [-0.3, -0.25) is 0 Å². The minimum Gasteiger partial charge on any atom is -0.397 e. The quantitative estimate of drug-likeness (QED) is 0.906. The van der Waals surface area contributed by atoms with Crippen molar-refractivity contribution in [2.75, 3.05) is 17.7 Å². The average molecular weight is 255 g/mol. The van der Waals surface area contributed by atoms with Gasteiger partial charge in [-0.15, -0.1) is 0 Å². The molecule has 2 aromatic rings. The number of nitrogens with zero attached hydrogens (tertiary/aromatic N) is 2. The monoisotopic (exact) mass is 255 g/mol. The maximum atomic E-state index is 5.80. The fraction of sp³-hybridized carbons (Fsp3) is 0.312. The number of anilines is 3. The van der Waals surface area contributed by atoms with Crippen LogP contribution in [0, 0.1) is 6.92 Å². The van der Waals surface area contributed by atoms with Gasteiger partial charge in [-0.1, -0.05) is 25.5 Å². The lowest BCUT2D eigenvalue weighted by molar-refractivity contribution is 0.921. The third kappa shape index (κ3) is 3.05. The van der Waals surface area contributed by atoms with Crippen molar-refractivity contribution in [1.29, 1.82) is 0 Å². The SMILES string of the molecule is CCCc1ccc(N(C)c2cc(C)c(N)cn2)cc1. The standard InChI is InChI=1S/C16H21N3/c1-4-5-13-6-8-14(9-7-13)19(3)16-10-12(2)15(17)11-18-16/h6-11H,4-5,17H2,1-3H3. The number of aryl methyl sites for hydroxylation is 2. The van der Waals surface area contributed by atoms with E-state index < -0.39 is 0 Å². The van der Waals surface area contributed by atoms with E-state index >= 15 is 0 Å². The number of benzene rings is 1. The van der Waals surface area contributed by atoms with Crippen molar-refractivity contribution in [3.63, 3.8) is 0 Å². The van der Waals surface area contributed by atoms with E-state index in [9.17, 15) is 0 Å². The van der Waals surface area contributed by atoms with Crippen molar-refractivity contribution in [2.45, 2.75) is 26.7 Å². The fourth-order valence-electron chi connectivity index (χ4n) is 2.04. The highest BCUT2D eigenvalue weighted by atomic mass is 15.2. The molecule has 100 valence electrons. The molecule has 0 bridgehead atoms. The number of pyridine rings is 1. The normalized spacial score (nSPS) is 10.5. The summed E-state index contributed by atoms with van der Waals surface area (Å²) in [5, 5.41) is 0. The molecule has 1 heterocycles. The second kappa shape index (κ2) is 5.74. The Balaban J connectivity index is 2.22. The van der Waals surface area contributed by atoms with Crippen molar-refractivity contribution in [2.24, 2.45) is 0 Å². The molecule has 0 aliphatic rings. The van der Waals surface area contributed by atoms with Gasteiger partial charge in [0.05, 0.1) is 11.9 Å². The van der Waals surface area contributed by atoms with E-state index in [2.05, 4.69) is 41.1 Å². The molecule has 0 unspecified atom stereocenters. The summed E-state index contributed by atoms with van der Waals surface area (Å²) in [6.45, 7) is 4.19. The molecule has 3 heteroatoms. The van der Waals surface area contributed by atoms with Gasteiger partial charge in [0.2, 0.25) is 0 Å². The summed E-state index contributed by atoms with van der Waals surface area (Å²) in [7, 11) is 2.02. The van der Waals surface area contributed by atoms with E-state index in [0.717, 1.165) is 29.2 Å². The topological polar surface area (TPSA) is 42.1 Å². The van der Waals surface area contributed by atoms with Crippen molar-refractivity contribution >= 4 is 17.2 Å². The maximum Gasteiger partial charge on any atom is 0.133 e. The lowest BCUT2D eigenvalue weighted by Gasteiger charge is -2.19. The molecule has 0 saturated heterocycles. The minimum absolute atomic E-state index is 0.732. The first-order chi connectivity index (χ1) is 9.11. The summed E-state index contributed by atoms with van der Waals surface area (Å²) < 4.78 is 0. The van der Waals surface area contributed by atoms with Crippen LogP contribution in [0.2, 0.25) is 0 Å². The molecule has 0 amide bonds. The molecule has 0 spiro atoms. The van der Waals surface area contributed by atoms with Crippen molar-refractivity contribution < 1.29 is 0 Å². The van der Waals surface area contributed by atoms with Gasteiger partial charge in [0, 0.05) is 12.7 Å². The van der Waals surface area contributed by atoms with Gasteiger partial charge in [0.25, 0.3) is 0 Å². The molecule has 1 aromatic heterocycles. The van der Waals surface area contributed by atoms with Crippen LogP contribution >= 0.6 is 0 Å². The Hall–Kier alpha value is -2.03. The van der Waals surface area contributed by atoms with E-state index in [4.69, 9.17) is 5.73 Å². The molecule has 0 aliphatic heterocycles. The van der Waals surface area contributed by atoms with Crippen molar-refractivity contribution in [3.8, 4) is 0 Å². The summed E-state index contributed by atoms with van der Waals surface area (Å²) in [5.74, 6) is 0.912. The number of hydrogen-bond donors (Lipinski definition) is 1. The summed E-state index contributed by atoms with van der Waals surface area (Å²) in [6.07, 6.45) is 4.02. The molecule has 2 rings (SSSR count). The van der Waals surface area contributed by atoms with Gasteiger partial charge in [0.15, 0.2) is 0 Å². The van der Waals surface area contributed by atoms with Gasteiger partial charge in [-0.25, -0.2) is 4.98 Å². The lowest BCUT2D eigenvalue weighted by Crippen LogP contribution is -2.11. The molecule has 0 aliphatic carbocycles. The first-order valence-electron chi connectivity index (χ1n) is 6.66. The molecule has 0 radical (unpaired) electrons. The molecule has 19 heavy (non-hydrogen) atoms. The van der Waals surface area contributed by atoms with Crippen LogP contribution in [0.4, 0.5) is 17.2 Å². The molecule has 2 N–H and O–H groups in total. The summed E-state index contributed by atoms with van der Waals surface area (Å²) in [4.78, 5) is 6.45. The molecular weight excluding hydrogens is 234 g/mol. The summed E-state index contributed by atoms with van der Waals surface area (Å²) in [6, 6.07) is 10.6. The summed E-state index contributed by atoms with van der Waals surface area (Å²) in [5.41, 5.74) is 10.1. The largest absolute Gasteiger partial charge is 0.397 e. The van der Waals surface area contributed by atoms with Crippen LogP contribution in [0.25, 0.3) is 0 Å². The Labute approximate surface area is 115 Å². The highest BCUT2D eigenvalue weighted by molar-refractivity contribution is 5.62. The van der Waals surface area contributed by atoms with E-state index in [1.807, 2.05) is 20.0 Å². The van der Waals surface area contributed by atoms with Gasteiger partial charge in [0.1, 0.15) is 5.82 Å². The van der Waals surface area contributed by atoms with Crippen molar-refractivity contribution in [3.05, 3.63) is 47.7 Å². The van der Waals surface area contributed by atoms with Crippen molar-refractivity contribution in [1.82, 2.24) is 4.98 Å². The van der Waals surface area contributed by atoms with E-state index in [1.54, 1.807) is 6.20 Å². The second-order valence-corrected chi connectivity index (χ2v) is 4.87. The van der Waals surface area contributed by atoms with Crippen LogP contribution in [-0.2, 0) is 6.42 Å². The van der Waals surface area contributed by atoms with E-state index in [-0.39, 0.29) is 0 Å². The molecular formula is C16H21N3. The Morgan fingerprint density at radius 3 is 2.47 bits per heavy atom. The second-order valence-electron chi connectivity index (χ2n) is 4.87. The highest BCUT2D eigenvalue weighted by Gasteiger charge is 2.06. The number of aromatic nitrogens is 1. The van der Waals surface area contributed by atoms with Gasteiger partial charge >= 0.3 is 0 Å². The fourth-order valence-corrected chi connectivity index (χ4v) is 2.04. The third-order valence-corrected chi connectivity index (χ3v) is 3.34. The smallest absolute Gasteiger partial charge is 0.133 e. The first kappa shape index (κ1) is 13.4. The average Bonchev–Trinajstić information content (AvgIpc) is 2.42. The molecule has 0 saturated carbocycles. The Morgan fingerprint density at radius 2 is 1.89 bits per heavy atom. The number of nitrogen functional groups attached to an aromatic ring is 1. The van der Waals surface area contributed by atoms with Gasteiger partial charge in [-0.05, 0) is 42.7 Å². The predicted molar refractivity (Wildman–Crippen MR) is 81.9 cm³/mol. The Bertz CT molecular complexity index is 546. The van der Waals surface area contributed by atoms with Crippen LogP contribution in [0.5, 0.6) is 0 Å². The minimum atomic E-state index is 0.732. The number of nitrogens with two attached hydrogens (primary N) is 1.